The van der Waals surface area contributed by atoms with Crippen molar-refractivity contribution in [3.63, 3.8) is 0 Å². The molecule has 2 heterocycles. The molecule has 1 amide bonds. The van der Waals surface area contributed by atoms with Crippen molar-refractivity contribution < 1.29 is 4.79 Å². The number of carbonyl (C=O) groups is 1. The molecule has 1 atom stereocenters. The van der Waals surface area contributed by atoms with E-state index in [0.717, 1.165) is 6.42 Å². The minimum atomic E-state index is -0.309. The predicted octanol–water partition coefficient (Wildman–Crippen LogP) is 0.622. The lowest BCUT2D eigenvalue weighted by atomic mass is 10.1. The number of nitrogens with zero attached hydrogens (tertiary/aromatic N) is 3. The van der Waals surface area contributed by atoms with E-state index in [4.69, 9.17) is 0 Å². The second-order valence-corrected chi connectivity index (χ2v) is 4.23. The van der Waals surface area contributed by atoms with Gasteiger partial charge in [0.15, 0.2) is 0 Å². The molecule has 0 fully saturated rings. The smallest absolute Gasteiger partial charge is 0.293 e. The van der Waals surface area contributed by atoms with E-state index in [2.05, 4.69) is 31.3 Å². The first-order valence-corrected chi connectivity index (χ1v) is 5.75. The molecule has 0 aliphatic rings. The van der Waals surface area contributed by atoms with Crippen LogP contribution in [-0.4, -0.2) is 32.6 Å². The highest BCUT2D eigenvalue weighted by atomic mass is 32.1. The van der Waals surface area contributed by atoms with E-state index >= 15 is 0 Å². The molecule has 0 saturated carbocycles. The molecule has 2 N–H and O–H groups in total. The molecule has 1 unspecified atom stereocenters. The van der Waals surface area contributed by atoms with Crippen LogP contribution >= 0.6 is 11.3 Å². The highest BCUT2D eigenvalue weighted by Gasteiger charge is 2.13. The molecule has 7 heteroatoms. The molecule has 2 rings (SSSR count). The Morgan fingerprint density at radius 3 is 3.19 bits per heavy atom. The van der Waals surface area contributed by atoms with E-state index in [-0.39, 0.29) is 17.8 Å². The Hall–Kier alpha value is -1.76. The number of carbonyl (C=O) groups excluding carboxylic acids is 1. The Labute approximate surface area is 96.1 Å². The van der Waals surface area contributed by atoms with Gasteiger partial charge in [0.25, 0.3) is 11.7 Å². The van der Waals surface area contributed by atoms with Gasteiger partial charge in [-0.3, -0.25) is 4.79 Å². The number of hydrogen-bond donors (Lipinski definition) is 2. The number of hydrogen-bond acceptors (Lipinski definition) is 5. The normalized spacial score (nSPS) is 12.3. The van der Waals surface area contributed by atoms with E-state index in [1.807, 2.05) is 18.4 Å². The monoisotopic (exact) mass is 237 g/mol. The molecule has 0 spiro atoms. The van der Waals surface area contributed by atoms with Gasteiger partial charge in [0, 0.05) is 6.04 Å². The van der Waals surface area contributed by atoms with Crippen molar-refractivity contribution in [1.82, 2.24) is 25.9 Å². The molecule has 0 radical (unpaired) electrons. The molecule has 0 saturated heterocycles. The van der Waals surface area contributed by atoms with Crippen LogP contribution in [0.5, 0.6) is 0 Å². The summed E-state index contributed by atoms with van der Waals surface area (Å²) in [6, 6.07) is 2.09. The molecule has 0 aliphatic carbocycles. The fraction of sp³-hybridized carbons (Fsp3) is 0.333. The van der Waals surface area contributed by atoms with Crippen LogP contribution in [0.25, 0.3) is 0 Å². The summed E-state index contributed by atoms with van der Waals surface area (Å²) in [7, 11) is 0. The minimum Gasteiger partial charge on any atom is -0.346 e. The minimum absolute atomic E-state index is 0.0422. The number of rotatable bonds is 4. The van der Waals surface area contributed by atoms with Gasteiger partial charge in [-0.05, 0) is 40.9 Å². The summed E-state index contributed by atoms with van der Waals surface area (Å²) >= 11 is 1.65. The van der Waals surface area contributed by atoms with Crippen molar-refractivity contribution >= 4 is 17.2 Å². The first kappa shape index (κ1) is 10.7. The SMILES string of the molecule is CC(Cc1ccsc1)NC(=O)c1nn[nH]n1. The average Bonchev–Trinajstić information content (AvgIpc) is 2.88. The number of thiophene rings is 1. The van der Waals surface area contributed by atoms with Gasteiger partial charge >= 0.3 is 0 Å². The summed E-state index contributed by atoms with van der Waals surface area (Å²) in [4.78, 5) is 11.6. The zero-order valence-corrected chi connectivity index (χ0v) is 9.49. The Morgan fingerprint density at radius 1 is 1.69 bits per heavy atom. The van der Waals surface area contributed by atoms with Crippen LogP contribution < -0.4 is 5.32 Å². The van der Waals surface area contributed by atoms with Gasteiger partial charge in [-0.2, -0.15) is 16.6 Å². The predicted molar refractivity (Wildman–Crippen MR) is 59.1 cm³/mol. The maximum Gasteiger partial charge on any atom is 0.293 e. The van der Waals surface area contributed by atoms with Crippen molar-refractivity contribution in [2.75, 3.05) is 0 Å². The van der Waals surface area contributed by atoms with Crippen LogP contribution in [0.2, 0.25) is 0 Å². The molecule has 2 aromatic heterocycles. The van der Waals surface area contributed by atoms with Crippen LogP contribution in [0.1, 0.15) is 23.1 Å². The average molecular weight is 237 g/mol. The Kier molecular flexibility index (Phi) is 3.25. The Balaban J connectivity index is 1.88. The lowest BCUT2D eigenvalue weighted by Crippen LogP contribution is -2.34. The molecule has 6 nitrogen and oxygen atoms in total. The third-order valence-corrected chi connectivity index (χ3v) is 2.78. The molecule has 2 aromatic rings. The highest BCUT2D eigenvalue weighted by molar-refractivity contribution is 7.07. The maximum atomic E-state index is 11.6. The molecular formula is C9H11N5OS. The number of H-pyrrole nitrogens is 1. The Morgan fingerprint density at radius 2 is 2.56 bits per heavy atom. The van der Waals surface area contributed by atoms with Crippen LogP contribution in [0.15, 0.2) is 16.8 Å². The van der Waals surface area contributed by atoms with Crippen LogP contribution in [0.3, 0.4) is 0 Å². The number of aromatic amines is 1. The van der Waals surface area contributed by atoms with Crippen LogP contribution in [0.4, 0.5) is 0 Å². The summed E-state index contributed by atoms with van der Waals surface area (Å²) in [6.07, 6.45) is 0.799. The van der Waals surface area contributed by atoms with Gasteiger partial charge in [0.1, 0.15) is 0 Å². The number of aromatic nitrogens is 4. The van der Waals surface area contributed by atoms with Crippen LogP contribution in [0, 0.1) is 0 Å². The summed E-state index contributed by atoms with van der Waals surface area (Å²) in [5, 5.41) is 19.7. The fourth-order valence-corrected chi connectivity index (χ4v) is 2.04. The second kappa shape index (κ2) is 4.84. The zero-order chi connectivity index (χ0) is 11.4. The molecule has 0 bridgehead atoms. The summed E-state index contributed by atoms with van der Waals surface area (Å²) in [5.41, 5.74) is 1.21. The van der Waals surface area contributed by atoms with Gasteiger partial charge in [0.05, 0.1) is 0 Å². The van der Waals surface area contributed by atoms with Crippen LogP contribution in [-0.2, 0) is 6.42 Å². The van der Waals surface area contributed by atoms with Gasteiger partial charge in [-0.25, -0.2) is 0 Å². The van der Waals surface area contributed by atoms with Crippen molar-refractivity contribution in [1.29, 1.82) is 0 Å². The summed E-state index contributed by atoms with van der Waals surface area (Å²) < 4.78 is 0. The Bertz CT molecular complexity index is 438. The highest BCUT2D eigenvalue weighted by Crippen LogP contribution is 2.08. The standard InChI is InChI=1S/C9H11N5OS/c1-6(4-7-2-3-16-5-7)10-9(15)8-11-13-14-12-8/h2-3,5-6H,4H2,1H3,(H,10,15)(H,11,12,13,14). The second-order valence-electron chi connectivity index (χ2n) is 3.45. The number of amides is 1. The van der Waals surface area contributed by atoms with Gasteiger partial charge in [-0.1, -0.05) is 0 Å². The maximum absolute atomic E-state index is 11.6. The zero-order valence-electron chi connectivity index (χ0n) is 8.67. The van der Waals surface area contributed by atoms with E-state index in [0.29, 0.717) is 0 Å². The first-order chi connectivity index (χ1) is 7.75. The van der Waals surface area contributed by atoms with Crippen molar-refractivity contribution in [3.8, 4) is 0 Å². The topological polar surface area (TPSA) is 83.6 Å². The molecule has 84 valence electrons. The largest absolute Gasteiger partial charge is 0.346 e. The van der Waals surface area contributed by atoms with E-state index in [1.54, 1.807) is 11.3 Å². The van der Waals surface area contributed by atoms with Gasteiger partial charge in [-0.15, -0.1) is 10.2 Å². The molecule has 0 aliphatic heterocycles. The number of nitrogens with one attached hydrogen (secondary N) is 2. The molecular weight excluding hydrogens is 226 g/mol. The lowest BCUT2D eigenvalue weighted by molar-refractivity contribution is 0.0929. The van der Waals surface area contributed by atoms with Crippen molar-refractivity contribution in [3.05, 3.63) is 28.2 Å². The van der Waals surface area contributed by atoms with E-state index in [9.17, 15) is 4.79 Å². The fourth-order valence-electron chi connectivity index (χ4n) is 1.36. The van der Waals surface area contributed by atoms with Gasteiger partial charge < -0.3 is 5.32 Å². The van der Waals surface area contributed by atoms with E-state index < -0.39 is 0 Å². The van der Waals surface area contributed by atoms with Crippen molar-refractivity contribution in [2.45, 2.75) is 19.4 Å². The van der Waals surface area contributed by atoms with Gasteiger partial charge in [0.2, 0.25) is 0 Å². The summed E-state index contributed by atoms with van der Waals surface area (Å²) in [5.74, 6) is -0.242. The van der Waals surface area contributed by atoms with Crippen molar-refractivity contribution in [2.24, 2.45) is 0 Å². The number of tetrazole rings is 1. The molecule has 16 heavy (non-hydrogen) atoms. The third kappa shape index (κ3) is 2.63. The summed E-state index contributed by atoms with van der Waals surface area (Å²) in [6.45, 7) is 1.94. The molecule has 0 aromatic carbocycles. The van der Waals surface area contributed by atoms with E-state index in [1.165, 1.54) is 5.56 Å². The lowest BCUT2D eigenvalue weighted by Gasteiger charge is -2.10. The third-order valence-electron chi connectivity index (χ3n) is 2.05. The first-order valence-electron chi connectivity index (χ1n) is 4.81. The quantitative estimate of drug-likeness (QED) is 0.816.